The minimum absolute atomic E-state index is 0.163. The number of amides is 1. The molecule has 0 atom stereocenters. The van der Waals surface area contributed by atoms with Crippen molar-refractivity contribution in [2.45, 2.75) is 18.2 Å². The Labute approximate surface area is 159 Å². The van der Waals surface area contributed by atoms with Crippen LogP contribution in [0.15, 0.2) is 83.8 Å². The zero-order valence-electron chi connectivity index (χ0n) is 14.8. The molecule has 0 heterocycles. The second kappa shape index (κ2) is 8.05. The molecule has 3 aromatic rings. The van der Waals surface area contributed by atoms with Gasteiger partial charge in [-0.3, -0.25) is 9.52 Å². The number of anilines is 2. The molecule has 5 nitrogen and oxygen atoms in total. The van der Waals surface area contributed by atoms with Gasteiger partial charge in [0.15, 0.2) is 0 Å². The van der Waals surface area contributed by atoms with Gasteiger partial charge in [0.25, 0.3) is 15.9 Å². The third-order valence-corrected chi connectivity index (χ3v) is 5.45. The van der Waals surface area contributed by atoms with E-state index in [-0.39, 0.29) is 10.8 Å². The summed E-state index contributed by atoms with van der Waals surface area (Å²) < 4.78 is 27.3. The fourth-order valence-corrected chi connectivity index (χ4v) is 3.64. The van der Waals surface area contributed by atoms with Crippen LogP contribution in [0.1, 0.15) is 22.8 Å². The number of hydrogen-bond acceptors (Lipinski definition) is 3. The molecule has 0 bridgehead atoms. The van der Waals surface area contributed by atoms with Crippen LogP contribution in [0.25, 0.3) is 0 Å². The van der Waals surface area contributed by atoms with Gasteiger partial charge in [0.1, 0.15) is 0 Å². The molecule has 0 aromatic heterocycles. The smallest absolute Gasteiger partial charge is 0.261 e. The first-order valence-electron chi connectivity index (χ1n) is 8.56. The molecule has 0 aliphatic heterocycles. The SMILES string of the molecule is CCc1ccc(NC(=O)c2cccc(NS(=O)(=O)c3ccccc3)c2)cc1. The van der Waals surface area contributed by atoms with Gasteiger partial charge < -0.3 is 5.32 Å². The fraction of sp³-hybridized carbons (Fsp3) is 0.0952. The van der Waals surface area contributed by atoms with Crippen molar-refractivity contribution in [1.29, 1.82) is 0 Å². The van der Waals surface area contributed by atoms with Gasteiger partial charge in [-0.15, -0.1) is 0 Å². The van der Waals surface area contributed by atoms with Gasteiger partial charge in [-0.1, -0.05) is 43.3 Å². The molecule has 0 aliphatic carbocycles. The summed E-state index contributed by atoms with van der Waals surface area (Å²) in [6, 6.07) is 22.1. The lowest BCUT2D eigenvalue weighted by Crippen LogP contribution is -2.15. The van der Waals surface area contributed by atoms with Crippen LogP contribution in [0.2, 0.25) is 0 Å². The Morgan fingerprint density at radius 3 is 2.22 bits per heavy atom. The summed E-state index contributed by atoms with van der Waals surface area (Å²) in [5.41, 5.74) is 2.56. The molecule has 3 rings (SSSR count). The lowest BCUT2D eigenvalue weighted by atomic mass is 10.1. The highest BCUT2D eigenvalue weighted by atomic mass is 32.2. The molecule has 27 heavy (non-hydrogen) atoms. The number of aryl methyl sites for hydroxylation is 1. The zero-order chi connectivity index (χ0) is 19.3. The first-order valence-corrected chi connectivity index (χ1v) is 10.0. The Kier molecular flexibility index (Phi) is 5.57. The van der Waals surface area contributed by atoms with E-state index in [1.165, 1.54) is 23.8 Å². The van der Waals surface area contributed by atoms with E-state index in [4.69, 9.17) is 0 Å². The normalized spacial score (nSPS) is 11.0. The molecule has 0 radical (unpaired) electrons. The first-order chi connectivity index (χ1) is 13.0. The highest BCUT2D eigenvalue weighted by Gasteiger charge is 2.14. The Morgan fingerprint density at radius 1 is 0.852 bits per heavy atom. The van der Waals surface area contributed by atoms with Crippen molar-refractivity contribution in [3.05, 3.63) is 90.0 Å². The van der Waals surface area contributed by atoms with Gasteiger partial charge >= 0.3 is 0 Å². The van der Waals surface area contributed by atoms with Gasteiger partial charge in [-0.25, -0.2) is 8.42 Å². The quantitative estimate of drug-likeness (QED) is 0.669. The number of carbonyl (C=O) groups is 1. The van der Waals surface area contributed by atoms with E-state index in [2.05, 4.69) is 17.0 Å². The predicted molar refractivity (Wildman–Crippen MR) is 107 cm³/mol. The van der Waals surface area contributed by atoms with Gasteiger partial charge in [0.05, 0.1) is 4.90 Å². The third-order valence-electron chi connectivity index (χ3n) is 4.05. The van der Waals surface area contributed by atoms with Crippen LogP contribution in [-0.4, -0.2) is 14.3 Å². The Bertz CT molecular complexity index is 1030. The van der Waals surface area contributed by atoms with Crippen molar-refractivity contribution < 1.29 is 13.2 Å². The molecule has 1 amide bonds. The van der Waals surface area contributed by atoms with Gasteiger partial charge in [-0.2, -0.15) is 0 Å². The van der Waals surface area contributed by atoms with Crippen molar-refractivity contribution in [2.75, 3.05) is 10.0 Å². The lowest BCUT2D eigenvalue weighted by molar-refractivity contribution is 0.102. The van der Waals surface area contributed by atoms with Crippen LogP contribution < -0.4 is 10.0 Å². The first kappa shape index (κ1) is 18.7. The molecule has 6 heteroatoms. The van der Waals surface area contributed by atoms with E-state index in [1.807, 2.05) is 24.3 Å². The fourth-order valence-electron chi connectivity index (χ4n) is 2.56. The largest absolute Gasteiger partial charge is 0.322 e. The highest BCUT2D eigenvalue weighted by Crippen LogP contribution is 2.18. The summed E-state index contributed by atoms with van der Waals surface area (Å²) in [6.07, 6.45) is 0.928. The van der Waals surface area contributed by atoms with Gasteiger partial charge in [-0.05, 0) is 54.4 Å². The van der Waals surface area contributed by atoms with E-state index in [0.717, 1.165) is 6.42 Å². The maximum atomic E-state index is 12.5. The number of nitrogens with one attached hydrogen (secondary N) is 2. The van der Waals surface area contributed by atoms with Crippen molar-refractivity contribution in [3.63, 3.8) is 0 Å². The molecule has 0 unspecified atom stereocenters. The summed E-state index contributed by atoms with van der Waals surface area (Å²) in [4.78, 5) is 12.6. The van der Waals surface area contributed by atoms with E-state index in [9.17, 15) is 13.2 Å². The van der Waals surface area contributed by atoms with Crippen LogP contribution in [0.5, 0.6) is 0 Å². The average molecular weight is 380 g/mol. The van der Waals surface area contributed by atoms with Crippen molar-refractivity contribution in [3.8, 4) is 0 Å². The summed E-state index contributed by atoms with van der Waals surface area (Å²) in [7, 11) is -3.70. The summed E-state index contributed by atoms with van der Waals surface area (Å²) in [5, 5.41) is 2.82. The van der Waals surface area contributed by atoms with E-state index in [0.29, 0.717) is 16.9 Å². The zero-order valence-corrected chi connectivity index (χ0v) is 15.7. The standard InChI is InChI=1S/C21H20N2O3S/c1-2-16-11-13-18(14-12-16)22-21(24)17-7-6-8-19(15-17)23-27(25,26)20-9-4-3-5-10-20/h3-15,23H,2H2,1H3,(H,22,24). The molecule has 3 aromatic carbocycles. The molecular weight excluding hydrogens is 360 g/mol. The average Bonchev–Trinajstić information content (AvgIpc) is 2.69. The second-order valence-corrected chi connectivity index (χ2v) is 7.69. The molecular formula is C21H20N2O3S. The monoisotopic (exact) mass is 380 g/mol. The topological polar surface area (TPSA) is 75.3 Å². The molecule has 0 aliphatic rings. The number of rotatable bonds is 6. The maximum absolute atomic E-state index is 12.5. The van der Waals surface area contributed by atoms with Crippen molar-refractivity contribution >= 4 is 27.3 Å². The van der Waals surface area contributed by atoms with Gasteiger partial charge in [0, 0.05) is 16.9 Å². The third kappa shape index (κ3) is 4.74. The van der Waals surface area contributed by atoms with Crippen LogP contribution >= 0.6 is 0 Å². The molecule has 0 spiro atoms. The summed E-state index contributed by atoms with van der Waals surface area (Å²) in [5.74, 6) is -0.306. The second-order valence-electron chi connectivity index (χ2n) is 6.00. The van der Waals surface area contributed by atoms with E-state index >= 15 is 0 Å². The molecule has 0 saturated heterocycles. The summed E-state index contributed by atoms with van der Waals surface area (Å²) in [6.45, 7) is 2.07. The Balaban J connectivity index is 1.75. The van der Waals surface area contributed by atoms with E-state index in [1.54, 1.807) is 36.4 Å². The number of hydrogen-bond donors (Lipinski definition) is 2. The predicted octanol–water partition coefficient (Wildman–Crippen LogP) is 4.30. The van der Waals surface area contributed by atoms with Crippen molar-refractivity contribution in [2.24, 2.45) is 0 Å². The van der Waals surface area contributed by atoms with Crippen LogP contribution in [0.4, 0.5) is 11.4 Å². The maximum Gasteiger partial charge on any atom is 0.261 e. The van der Waals surface area contributed by atoms with Crippen LogP contribution in [0.3, 0.4) is 0 Å². The Hall–Kier alpha value is -3.12. The molecule has 0 saturated carbocycles. The van der Waals surface area contributed by atoms with Crippen LogP contribution in [0, 0.1) is 0 Å². The molecule has 0 fully saturated rings. The number of sulfonamides is 1. The van der Waals surface area contributed by atoms with Crippen LogP contribution in [-0.2, 0) is 16.4 Å². The van der Waals surface area contributed by atoms with E-state index < -0.39 is 10.0 Å². The molecule has 138 valence electrons. The Morgan fingerprint density at radius 2 is 1.56 bits per heavy atom. The molecule has 2 N–H and O–H groups in total. The van der Waals surface area contributed by atoms with Gasteiger partial charge in [0.2, 0.25) is 0 Å². The van der Waals surface area contributed by atoms with Crippen molar-refractivity contribution in [1.82, 2.24) is 0 Å². The minimum Gasteiger partial charge on any atom is -0.322 e. The number of benzene rings is 3. The summed E-state index contributed by atoms with van der Waals surface area (Å²) >= 11 is 0. The lowest BCUT2D eigenvalue weighted by Gasteiger charge is -2.10. The minimum atomic E-state index is -3.70. The highest BCUT2D eigenvalue weighted by molar-refractivity contribution is 7.92. The number of carbonyl (C=O) groups excluding carboxylic acids is 1.